The van der Waals surface area contributed by atoms with Crippen molar-refractivity contribution in [1.82, 2.24) is 14.4 Å². The normalized spacial score (nSPS) is 10.8. The maximum Gasteiger partial charge on any atom is 0.357 e. The molecule has 0 amide bonds. The first kappa shape index (κ1) is 11.5. The number of hydrogen-bond acceptors (Lipinski definition) is 4. The fourth-order valence-electron chi connectivity index (χ4n) is 1.62. The van der Waals surface area contributed by atoms with Crippen molar-refractivity contribution in [2.45, 2.75) is 20.3 Å². The second-order valence-corrected chi connectivity index (χ2v) is 3.42. The summed E-state index contributed by atoms with van der Waals surface area (Å²) in [6.45, 7) is 3.84. The zero-order valence-electron chi connectivity index (χ0n) is 9.61. The van der Waals surface area contributed by atoms with Crippen LogP contribution < -0.4 is 0 Å². The molecule has 2 aromatic rings. The maximum atomic E-state index is 13.1. The Morgan fingerprint density at radius 3 is 2.94 bits per heavy atom. The molecule has 0 N–H and O–H groups in total. The molecule has 0 fully saturated rings. The quantitative estimate of drug-likeness (QED) is 0.761. The average molecular weight is 237 g/mol. The van der Waals surface area contributed by atoms with Gasteiger partial charge >= 0.3 is 5.97 Å². The fourth-order valence-corrected chi connectivity index (χ4v) is 1.62. The van der Waals surface area contributed by atoms with Crippen LogP contribution in [0, 0.1) is 5.82 Å². The van der Waals surface area contributed by atoms with Crippen molar-refractivity contribution < 1.29 is 13.9 Å². The van der Waals surface area contributed by atoms with Gasteiger partial charge in [0.05, 0.1) is 24.7 Å². The van der Waals surface area contributed by atoms with Gasteiger partial charge in [-0.25, -0.2) is 19.2 Å². The van der Waals surface area contributed by atoms with Gasteiger partial charge in [-0.1, -0.05) is 6.92 Å². The lowest BCUT2D eigenvalue weighted by Crippen LogP contribution is -2.10. The molecule has 0 aliphatic heterocycles. The highest BCUT2D eigenvalue weighted by Gasteiger charge is 2.20. The number of ether oxygens (including phenoxy) is 1. The summed E-state index contributed by atoms with van der Waals surface area (Å²) < 4.78 is 19.4. The third-order valence-electron chi connectivity index (χ3n) is 2.32. The first-order valence-corrected chi connectivity index (χ1v) is 5.37. The molecular weight excluding hydrogens is 225 g/mol. The van der Waals surface area contributed by atoms with Gasteiger partial charge < -0.3 is 4.74 Å². The van der Waals surface area contributed by atoms with Crippen LogP contribution >= 0.6 is 0 Å². The Morgan fingerprint density at radius 2 is 2.29 bits per heavy atom. The lowest BCUT2D eigenvalue weighted by molar-refractivity contribution is 0.0517. The van der Waals surface area contributed by atoms with Crippen LogP contribution in [0.15, 0.2) is 12.4 Å². The number of nitrogens with zero attached hydrogens (tertiary/aromatic N) is 3. The largest absolute Gasteiger partial charge is 0.461 e. The summed E-state index contributed by atoms with van der Waals surface area (Å²) in [4.78, 5) is 19.8. The average Bonchev–Trinajstić information content (AvgIpc) is 2.66. The van der Waals surface area contributed by atoms with Crippen LogP contribution in [-0.2, 0) is 11.2 Å². The molecule has 0 unspecified atom stereocenters. The van der Waals surface area contributed by atoms with Crippen molar-refractivity contribution >= 4 is 11.7 Å². The molecule has 0 atom stereocenters. The summed E-state index contributed by atoms with van der Waals surface area (Å²) in [6, 6.07) is 0. The smallest absolute Gasteiger partial charge is 0.357 e. The SMILES string of the molecule is CCOC(=O)c1c(CC)nc2ncc(F)cn12. The van der Waals surface area contributed by atoms with E-state index in [0.29, 0.717) is 17.9 Å². The fraction of sp³-hybridized carbons (Fsp3) is 0.364. The van der Waals surface area contributed by atoms with Gasteiger partial charge in [-0.05, 0) is 13.3 Å². The number of rotatable bonds is 3. The minimum atomic E-state index is -0.525. The van der Waals surface area contributed by atoms with Gasteiger partial charge in [-0.2, -0.15) is 0 Å². The molecule has 0 saturated carbocycles. The summed E-state index contributed by atoms with van der Waals surface area (Å²) in [7, 11) is 0. The Morgan fingerprint density at radius 1 is 1.53 bits per heavy atom. The highest BCUT2D eigenvalue weighted by Crippen LogP contribution is 2.14. The number of carbonyl (C=O) groups is 1. The molecule has 90 valence electrons. The van der Waals surface area contributed by atoms with Crippen LogP contribution in [0.4, 0.5) is 4.39 Å². The molecule has 17 heavy (non-hydrogen) atoms. The zero-order chi connectivity index (χ0) is 12.4. The predicted molar refractivity (Wildman–Crippen MR) is 58.3 cm³/mol. The molecule has 0 spiro atoms. The highest BCUT2D eigenvalue weighted by atomic mass is 19.1. The van der Waals surface area contributed by atoms with E-state index in [2.05, 4.69) is 9.97 Å². The molecule has 0 aliphatic rings. The van der Waals surface area contributed by atoms with Crippen LogP contribution in [0.3, 0.4) is 0 Å². The van der Waals surface area contributed by atoms with E-state index in [1.54, 1.807) is 6.92 Å². The number of esters is 1. The summed E-state index contributed by atoms with van der Waals surface area (Å²) >= 11 is 0. The summed E-state index contributed by atoms with van der Waals surface area (Å²) in [6.07, 6.45) is 2.80. The summed E-state index contributed by atoms with van der Waals surface area (Å²) in [5.41, 5.74) is 0.804. The third-order valence-corrected chi connectivity index (χ3v) is 2.32. The van der Waals surface area contributed by atoms with Gasteiger partial charge in [-0.3, -0.25) is 4.40 Å². The minimum absolute atomic E-state index is 0.247. The van der Waals surface area contributed by atoms with Crippen molar-refractivity contribution in [3.05, 3.63) is 29.6 Å². The monoisotopic (exact) mass is 237 g/mol. The van der Waals surface area contributed by atoms with Crippen molar-refractivity contribution in [1.29, 1.82) is 0 Å². The van der Waals surface area contributed by atoms with E-state index in [0.717, 1.165) is 6.20 Å². The molecule has 6 heteroatoms. The van der Waals surface area contributed by atoms with Gasteiger partial charge in [0.2, 0.25) is 5.78 Å². The van der Waals surface area contributed by atoms with E-state index in [-0.39, 0.29) is 12.3 Å². The Bertz CT molecular complexity index is 565. The molecule has 0 aliphatic carbocycles. The van der Waals surface area contributed by atoms with Crippen molar-refractivity contribution in [3.8, 4) is 0 Å². The number of aryl methyl sites for hydroxylation is 1. The first-order valence-electron chi connectivity index (χ1n) is 5.37. The van der Waals surface area contributed by atoms with Gasteiger partial charge in [-0.15, -0.1) is 0 Å². The van der Waals surface area contributed by atoms with E-state index >= 15 is 0 Å². The Kier molecular flexibility index (Phi) is 3.03. The van der Waals surface area contributed by atoms with Gasteiger partial charge in [0.1, 0.15) is 0 Å². The van der Waals surface area contributed by atoms with Crippen LogP contribution in [0.1, 0.15) is 30.0 Å². The van der Waals surface area contributed by atoms with Crippen molar-refractivity contribution in [2.75, 3.05) is 6.61 Å². The molecule has 0 saturated heterocycles. The van der Waals surface area contributed by atoms with Crippen LogP contribution in [0.5, 0.6) is 0 Å². The summed E-state index contributed by atoms with van der Waals surface area (Å²) in [5.74, 6) is -0.737. The second-order valence-electron chi connectivity index (χ2n) is 3.42. The van der Waals surface area contributed by atoms with Crippen LogP contribution in [-0.4, -0.2) is 26.9 Å². The highest BCUT2D eigenvalue weighted by molar-refractivity contribution is 5.89. The minimum Gasteiger partial charge on any atom is -0.461 e. The lowest BCUT2D eigenvalue weighted by Gasteiger charge is -2.03. The standard InChI is InChI=1S/C11H12FN3O2/c1-3-8-9(10(16)17-4-2)15-6-7(12)5-13-11(15)14-8/h5-6H,3-4H2,1-2H3. The predicted octanol–water partition coefficient (Wildman–Crippen LogP) is 1.61. The molecule has 5 nitrogen and oxygen atoms in total. The van der Waals surface area contributed by atoms with Gasteiger partial charge in [0.15, 0.2) is 11.5 Å². The number of hydrogen-bond donors (Lipinski definition) is 0. The number of fused-ring (bicyclic) bond motifs is 1. The Hall–Kier alpha value is -1.98. The van der Waals surface area contributed by atoms with E-state index in [9.17, 15) is 9.18 Å². The third kappa shape index (κ3) is 1.98. The number of imidazole rings is 1. The maximum absolute atomic E-state index is 13.1. The zero-order valence-corrected chi connectivity index (χ0v) is 9.61. The van der Waals surface area contributed by atoms with E-state index in [4.69, 9.17) is 4.74 Å². The Balaban J connectivity index is 2.64. The van der Waals surface area contributed by atoms with Crippen molar-refractivity contribution in [3.63, 3.8) is 0 Å². The van der Waals surface area contributed by atoms with E-state index in [1.165, 1.54) is 10.6 Å². The number of aromatic nitrogens is 3. The summed E-state index contributed by atoms with van der Waals surface area (Å²) in [5, 5.41) is 0. The van der Waals surface area contributed by atoms with Crippen molar-refractivity contribution in [2.24, 2.45) is 0 Å². The van der Waals surface area contributed by atoms with E-state index < -0.39 is 11.8 Å². The van der Waals surface area contributed by atoms with E-state index in [1.807, 2.05) is 6.92 Å². The molecule has 0 aromatic carbocycles. The second kappa shape index (κ2) is 4.48. The number of carbonyl (C=O) groups excluding carboxylic acids is 1. The molecule has 2 aromatic heterocycles. The van der Waals surface area contributed by atoms with Crippen LogP contribution in [0.2, 0.25) is 0 Å². The van der Waals surface area contributed by atoms with Gasteiger partial charge in [0.25, 0.3) is 0 Å². The molecule has 2 heterocycles. The first-order chi connectivity index (χ1) is 8.17. The Labute approximate surface area is 97.3 Å². The number of halogens is 1. The topological polar surface area (TPSA) is 56.5 Å². The van der Waals surface area contributed by atoms with Gasteiger partial charge in [0, 0.05) is 0 Å². The molecule has 0 bridgehead atoms. The molecule has 0 radical (unpaired) electrons. The lowest BCUT2D eigenvalue weighted by atomic mass is 10.2. The molecular formula is C11H12FN3O2. The van der Waals surface area contributed by atoms with Crippen LogP contribution in [0.25, 0.3) is 5.78 Å². The molecule has 2 rings (SSSR count).